The van der Waals surface area contributed by atoms with Crippen molar-refractivity contribution in [2.75, 3.05) is 38.6 Å². The molecule has 0 radical (unpaired) electrons. The Morgan fingerprint density at radius 2 is 1.85 bits per heavy atom. The van der Waals surface area contributed by atoms with Crippen LogP contribution in [0.25, 0.3) is 0 Å². The van der Waals surface area contributed by atoms with E-state index >= 15 is 0 Å². The topological polar surface area (TPSA) is 6.48 Å². The highest BCUT2D eigenvalue weighted by atomic mass is 79.9. The van der Waals surface area contributed by atoms with E-state index in [2.05, 4.69) is 32.8 Å². The van der Waals surface area contributed by atoms with Gasteiger partial charge in [0.2, 0.25) is 0 Å². The van der Waals surface area contributed by atoms with Crippen LogP contribution in [0.15, 0.2) is 0 Å². The van der Waals surface area contributed by atoms with E-state index in [0.717, 1.165) is 12.0 Å². The molecule has 2 aliphatic heterocycles. The zero-order valence-corrected chi connectivity index (χ0v) is 14.7. The molecule has 3 heteroatoms. The molecule has 0 bridgehead atoms. The van der Waals surface area contributed by atoms with Gasteiger partial charge in [-0.1, -0.05) is 35.2 Å². The first-order valence-corrected chi connectivity index (χ1v) is 9.83. The zero-order valence-electron chi connectivity index (χ0n) is 13.1. The van der Waals surface area contributed by atoms with Gasteiger partial charge in [-0.15, -0.1) is 0 Å². The summed E-state index contributed by atoms with van der Waals surface area (Å²) in [5, 5.41) is 1.21. The predicted octanol–water partition coefficient (Wildman–Crippen LogP) is 3.75. The van der Waals surface area contributed by atoms with Crippen LogP contribution in [0.4, 0.5) is 0 Å². The fourth-order valence-electron chi connectivity index (χ4n) is 4.98. The Labute approximate surface area is 133 Å². The third-order valence-electron chi connectivity index (χ3n) is 6.19. The minimum absolute atomic E-state index is 0.589. The molecule has 3 rings (SSSR count). The van der Waals surface area contributed by atoms with Crippen LogP contribution < -0.4 is 0 Å². The molecule has 0 spiro atoms. The molecule has 20 heavy (non-hydrogen) atoms. The van der Waals surface area contributed by atoms with Gasteiger partial charge in [-0.05, 0) is 63.6 Å². The van der Waals surface area contributed by atoms with Crippen LogP contribution >= 0.6 is 15.9 Å². The first kappa shape index (κ1) is 15.3. The third-order valence-corrected chi connectivity index (χ3v) is 7.38. The van der Waals surface area contributed by atoms with Gasteiger partial charge in [0, 0.05) is 24.5 Å². The van der Waals surface area contributed by atoms with Crippen molar-refractivity contribution < 1.29 is 0 Å². The minimum atomic E-state index is 0.589. The molecule has 2 heterocycles. The lowest BCUT2D eigenvalue weighted by molar-refractivity contribution is 0.0163. The quantitative estimate of drug-likeness (QED) is 0.720. The molecule has 2 nitrogen and oxygen atoms in total. The molecule has 0 aromatic heterocycles. The van der Waals surface area contributed by atoms with Crippen LogP contribution in [0.2, 0.25) is 0 Å². The lowest BCUT2D eigenvalue weighted by Gasteiger charge is -2.48. The molecule has 2 saturated heterocycles. The fourth-order valence-corrected chi connectivity index (χ4v) is 5.72. The lowest BCUT2D eigenvalue weighted by Crippen LogP contribution is -2.54. The summed E-state index contributed by atoms with van der Waals surface area (Å²) in [5.41, 5.74) is 0.589. The second kappa shape index (κ2) is 6.66. The Morgan fingerprint density at radius 1 is 1.05 bits per heavy atom. The van der Waals surface area contributed by atoms with E-state index in [-0.39, 0.29) is 0 Å². The van der Waals surface area contributed by atoms with Gasteiger partial charge in [-0.3, -0.25) is 0 Å². The summed E-state index contributed by atoms with van der Waals surface area (Å²) in [6.45, 7) is 5.38. The van der Waals surface area contributed by atoms with Gasteiger partial charge in [-0.2, -0.15) is 0 Å². The second-order valence-electron chi connectivity index (χ2n) is 7.67. The van der Waals surface area contributed by atoms with Gasteiger partial charge < -0.3 is 9.80 Å². The Balaban J connectivity index is 1.58. The SMILES string of the molecule is CN1CCCC2CN(CC3(CBr)CCCCC3)CCC21. The van der Waals surface area contributed by atoms with Crippen molar-refractivity contribution in [1.29, 1.82) is 0 Å². The van der Waals surface area contributed by atoms with Crippen molar-refractivity contribution in [1.82, 2.24) is 9.80 Å². The van der Waals surface area contributed by atoms with E-state index in [1.165, 1.54) is 82.9 Å². The van der Waals surface area contributed by atoms with Crippen molar-refractivity contribution in [3.8, 4) is 0 Å². The molecule has 1 aliphatic carbocycles. The number of fused-ring (bicyclic) bond motifs is 1. The molecule has 3 aliphatic rings. The molecular weight excluding hydrogens is 312 g/mol. The maximum Gasteiger partial charge on any atom is 0.0145 e. The van der Waals surface area contributed by atoms with E-state index in [0.29, 0.717) is 5.41 Å². The van der Waals surface area contributed by atoms with Crippen molar-refractivity contribution in [3.05, 3.63) is 0 Å². The van der Waals surface area contributed by atoms with Crippen LogP contribution in [0.5, 0.6) is 0 Å². The minimum Gasteiger partial charge on any atom is -0.303 e. The molecule has 2 atom stereocenters. The molecule has 1 saturated carbocycles. The average Bonchev–Trinajstić information content (AvgIpc) is 2.48. The van der Waals surface area contributed by atoms with Crippen molar-refractivity contribution in [3.63, 3.8) is 0 Å². The van der Waals surface area contributed by atoms with Gasteiger partial charge in [0.25, 0.3) is 0 Å². The Kier molecular flexibility index (Phi) is 5.10. The molecule has 0 aromatic rings. The molecular formula is C17H31BrN2. The van der Waals surface area contributed by atoms with Crippen molar-refractivity contribution >= 4 is 15.9 Å². The van der Waals surface area contributed by atoms with E-state index in [9.17, 15) is 0 Å². The number of hydrogen-bond donors (Lipinski definition) is 0. The summed E-state index contributed by atoms with van der Waals surface area (Å²) >= 11 is 3.84. The summed E-state index contributed by atoms with van der Waals surface area (Å²) in [5.74, 6) is 0.943. The molecule has 0 amide bonds. The van der Waals surface area contributed by atoms with E-state index in [4.69, 9.17) is 0 Å². The van der Waals surface area contributed by atoms with Crippen LogP contribution in [0, 0.1) is 11.3 Å². The van der Waals surface area contributed by atoms with Gasteiger partial charge >= 0.3 is 0 Å². The average molecular weight is 343 g/mol. The standard InChI is InChI=1S/C17H31BrN2/c1-19-10-5-6-15-12-20(11-7-16(15)19)14-17(13-18)8-3-2-4-9-17/h15-16H,2-14H2,1H3. The Hall–Kier alpha value is 0.400. The number of nitrogens with zero attached hydrogens (tertiary/aromatic N) is 2. The van der Waals surface area contributed by atoms with E-state index in [1.807, 2.05) is 0 Å². The number of hydrogen-bond acceptors (Lipinski definition) is 2. The fraction of sp³-hybridized carbons (Fsp3) is 1.00. The van der Waals surface area contributed by atoms with Crippen molar-refractivity contribution in [2.24, 2.45) is 11.3 Å². The molecule has 116 valence electrons. The second-order valence-corrected chi connectivity index (χ2v) is 8.23. The van der Waals surface area contributed by atoms with Crippen LogP contribution in [-0.4, -0.2) is 54.4 Å². The van der Waals surface area contributed by atoms with Crippen LogP contribution in [0.3, 0.4) is 0 Å². The summed E-state index contributed by atoms with van der Waals surface area (Å²) in [6.07, 6.45) is 11.5. The predicted molar refractivity (Wildman–Crippen MR) is 89.5 cm³/mol. The summed E-state index contributed by atoms with van der Waals surface area (Å²) < 4.78 is 0. The number of alkyl halides is 1. The van der Waals surface area contributed by atoms with Crippen molar-refractivity contribution in [2.45, 2.75) is 57.4 Å². The van der Waals surface area contributed by atoms with Gasteiger partial charge in [0.1, 0.15) is 0 Å². The maximum absolute atomic E-state index is 3.84. The monoisotopic (exact) mass is 342 g/mol. The highest BCUT2D eigenvalue weighted by Gasteiger charge is 2.38. The number of halogens is 1. The Bertz CT molecular complexity index is 314. The summed E-state index contributed by atoms with van der Waals surface area (Å²) in [7, 11) is 2.34. The Morgan fingerprint density at radius 3 is 2.60 bits per heavy atom. The third kappa shape index (κ3) is 3.25. The number of likely N-dealkylation sites (tertiary alicyclic amines) is 2. The zero-order chi connectivity index (χ0) is 14.0. The first-order chi connectivity index (χ1) is 9.72. The van der Waals surface area contributed by atoms with Gasteiger partial charge in [0.05, 0.1) is 0 Å². The molecule has 2 unspecified atom stereocenters. The molecule has 0 N–H and O–H groups in total. The normalized spacial score (nSPS) is 35.7. The highest BCUT2D eigenvalue weighted by molar-refractivity contribution is 9.09. The van der Waals surface area contributed by atoms with Gasteiger partial charge in [0.15, 0.2) is 0 Å². The van der Waals surface area contributed by atoms with Crippen LogP contribution in [0.1, 0.15) is 51.4 Å². The maximum atomic E-state index is 3.84. The molecule has 3 fully saturated rings. The number of piperidine rings is 2. The van der Waals surface area contributed by atoms with Gasteiger partial charge in [-0.25, -0.2) is 0 Å². The number of rotatable bonds is 3. The van der Waals surface area contributed by atoms with E-state index < -0.39 is 0 Å². The summed E-state index contributed by atoms with van der Waals surface area (Å²) in [6, 6.07) is 0.881. The largest absolute Gasteiger partial charge is 0.303 e. The lowest BCUT2D eigenvalue weighted by atomic mass is 9.74. The molecule has 0 aromatic carbocycles. The van der Waals surface area contributed by atoms with E-state index in [1.54, 1.807) is 0 Å². The highest BCUT2D eigenvalue weighted by Crippen LogP contribution is 2.40. The van der Waals surface area contributed by atoms with Crippen LogP contribution in [-0.2, 0) is 0 Å². The summed E-state index contributed by atoms with van der Waals surface area (Å²) in [4.78, 5) is 5.44. The smallest absolute Gasteiger partial charge is 0.0145 e. The first-order valence-electron chi connectivity index (χ1n) is 8.71.